The van der Waals surface area contributed by atoms with Gasteiger partial charge in [0.05, 0.1) is 6.61 Å². The monoisotopic (exact) mass is 205 g/mol. The first-order valence-corrected chi connectivity index (χ1v) is 5.62. The fourth-order valence-electron chi connectivity index (χ4n) is 2.36. The Bertz CT molecular complexity index is 358. The van der Waals surface area contributed by atoms with Crippen molar-refractivity contribution in [2.24, 2.45) is 5.73 Å². The van der Waals surface area contributed by atoms with Crippen molar-refractivity contribution in [1.82, 2.24) is 0 Å². The lowest BCUT2D eigenvalue weighted by molar-refractivity contribution is 0.208. The van der Waals surface area contributed by atoms with Gasteiger partial charge in [-0.2, -0.15) is 0 Å². The van der Waals surface area contributed by atoms with Crippen LogP contribution in [0.15, 0.2) is 18.2 Å². The second kappa shape index (κ2) is 3.95. The van der Waals surface area contributed by atoms with E-state index in [0.29, 0.717) is 0 Å². The summed E-state index contributed by atoms with van der Waals surface area (Å²) in [6.45, 7) is 1.94. The highest BCUT2D eigenvalue weighted by Gasteiger charge is 2.21. The Morgan fingerprint density at radius 2 is 2.20 bits per heavy atom. The topological polar surface area (TPSA) is 46.2 Å². The van der Waals surface area contributed by atoms with Gasteiger partial charge in [0.25, 0.3) is 0 Å². The van der Waals surface area contributed by atoms with E-state index < -0.39 is 5.54 Å². The van der Waals surface area contributed by atoms with Gasteiger partial charge in [-0.3, -0.25) is 0 Å². The number of aryl methyl sites for hydroxylation is 1. The Labute approximate surface area is 91.1 Å². The highest BCUT2D eigenvalue weighted by Crippen LogP contribution is 2.27. The van der Waals surface area contributed by atoms with Crippen molar-refractivity contribution in [3.05, 3.63) is 34.9 Å². The van der Waals surface area contributed by atoms with Crippen molar-refractivity contribution in [3.8, 4) is 0 Å². The van der Waals surface area contributed by atoms with Crippen LogP contribution in [0.1, 0.15) is 30.0 Å². The van der Waals surface area contributed by atoms with Crippen LogP contribution in [0.4, 0.5) is 0 Å². The lowest BCUT2D eigenvalue weighted by Crippen LogP contribution is -2.42. The third kappa shape index (κ3) is 2.21. The predicted octanol–water partition coefficient (Wildman–Crippen LogP) is 1.43. The van der Waals surface area contributed by atoms with E-state index in [1.165, 1.54) is 36.0 Å². The third-order valence-electron chi connectivity index (χ3n) is 3.20. The van der Waals surface area contributed by atoms with Crippen LogP contribution in [-0.2, 0) is 19.3 Å². The molecule has 0 saturated carbocycles. The molecule has 1 aromatic carbocycles. The zero-order valence-corrected chi connectivity index (χ0v) is 9.29. The van der Waals surface area contributed by atoms with E-state index in [4.69, 9.17) is 5.73 Å². The molecule has 0 aliphatic heterocycles. The summed E-state index contributed by atoms with van der Waals surface area (Å²) in [6.07, 6.45) is 4.40. The summed E-state index contributed by atoms with van der Waals surface area (Å²) in [5.41, 5.74) is 9.77. The van der Waals surface area contributed by atoms with Crippen LogP contribution in [0.25, 0.3) is 0 Å². The molecule has 2 rings (SSSR count). The minimum Gasteiger partial charge on any atom is -0.394 e. The normalized spacial score (nSPS) is 18.6. The molecule has 3 N–H and O–H groups in total. The smallest absolute Gasteiger partial charge is 0.0611 e. The fourth-order valence-corrected chi connectivity index (χ4v) is 2.36. The SMILES string of the molecule is CC(N)(CO)Cc1cccc2c1CCC2. The van der Waals surface area contributed by atoms with Crippen LogP contribution in [0.3, 0.4) is 0 Å². The molecule has 0 saturated heterocycles. The van der Waals surface area contributed by atoms with Gasteiger partial charge in [0, 0.05) is 5.54 Å². The summed E-state index contributed by atoms with van der Waals surface area (Å²) in [4.78, 5) is 0. The molecule has 1 aromatic rings. The molecule has 82 valence electrons. The van der Waals surface area contributed by atoms with Crippen LogP contribution < -0.4 is 5.73 Å². The maximum Gasteiger partial charge on any atom is 0.0611 e. The van der Waals surface area contributed by atoms with Crippen molar-refractivity contribution in [2.75, 3.05) is 6.61 Å². The molecule has 0 amide bonds. The van der Waals surface area contributed by atoms with E-state index in [1.54, 1.807) is 0 Å². The van der Waals surface area contributed by atoms with Gasteiger partial charge in [-0.1, -0.05) is 18.2 Å². The van der Waals surface area contributed by atoms with E-state index in [2.05, 4.69) is 18.2 Å². The average Bonchev–Trinajstić information content (AvgIpc) is 2.66. The van der Waals surface area contributed by atoms with Crippen molar-refractivity contribution in [2.45, 2.75) is 38.1 Å². The number of aliphatic hydroxyl groups is 1. The maximum atomic E-state index is 9.18. The Morgan fingerprint density at radius 1 is 1.40 bits per heavy atom. The second-order valence-electron chi connectivity index (χ2n) is 4.90. The Kier molecular flexibility index (Phi) is 2.81. The van der Waals surface area contributed by atoms with Crippen LogP contribution in [-0.4, -0.2) is 17.3 Å². The summed E-state index contributed by atoms with van der Waals surface area (Å²) in [5, 5.41) is 9.18. The number of hydrogen-bond acceptors (Lipinski definition) is 2. The van der Waals surface area contributed by atoms with Gasteiger partial charge in [-0.15, -0.1) is 0 Å². The Morgan fingerprint density at radius 3 is 2.93 bits per heavy atom. The third-order valence-corrected chi connectivity index (χ3v) is 3.20. The minimum absolute atomic E-state index is 0.0384. The van der Waals surface area contributed by atoms with Gasteiger partial charge in [0.2, 0.25) is 0 Å². The highest BCUT2D eigenvalue weighted by molar-refractivity contribution is 5.39. The Balaban J connectivity index is 2.26. The first-order valence-electron chi connectivity index (χ1n) is 5.62. The summed E-state index contributed by atoms with van der Waals surface area (Å²) in [5.74, 6) is 0. The van der Waals surface area contributed by atoms with Crippen LogP contribution >= 0.6 is 0 Å². The molecule has 0 spiro atoms. The number of rotatable bonds is 3. The van der Waals surface area contributed by atoms with Gasteiger partial charge < -0.3 is 10.8 Å². The van der Waals surface area contributed by atoms with E-state index in [0.717, 1.165) is 6.42 Å². The van der Waals surface area contributed by atoms with Crippen molar-refractivity contribution in [3.63, 3.8) is 0 Å². The first kappa shape index (κ1) is 10.7. The molecule has 1 atom stereocenters. The van der Waals surface area contributed by atoms with Crippen molar-refractivity contribution >= 4 is 0 Å². The summed E-state index contributed by atoms with van der Waals surface area (Å²) < 4.78 is 0. The van der Waals surface area contributed by atoms with Gasteiger partial charge in [-0.25, -0.2) is 0 Å². The standard InChI is InChI=1S/C13H19NO/c1-13(14,9-15)8-11-6-2-4-10-5-3-7-12(10)11/h2,4,6,15H,3,5,7-9,14H2,1H3. The minimum atomic E-state index is -0.488. The number of benzene rings is 1. The number of nitrogens with two attached hydrogens (primary N) is 1. The maximum absolute atomic E-state index is 9.18. The number of fused-ring (bicyclic) bond motifs is 1. The molecule has 0 fully saturated rings. The van der Waals surface area contributed by atoms with Crippen LogP contribution in [0.5, 0.6) is 0 Å². The lowest BCUT2D eigenvalue weighted by atomic mass is 9.90. The largest absolute Gasteiger partial charge is 0.394 e. The van der Waals surface area contributed by atoms with E-state index in [9.17, 15) is 5.11 Å². The molecule has 15 heavy (non-hydrogen) atoms. The molecular weight excluding hydrogens is 186 g/mol. The van der Waals surface area contributed by atoms with Crippen molar-refractivity contribution in [1.29, 1.82) is 0 Å². The van der Waals surface area contributed by atoms with Gasteiger partial charge in [0.1, 0.15) is 0 Å². The first-order chi connectivity index (χ1) is 7.12. The molecule has 0 radical (unpaired) electrons. The molecule has 2 nitrogen and oxygen atoms in total. The van der Waals surface area contributed by atoms with Gasteiger partial charge in [-0.05, 0) is 49.3 Å². The van der Waals surface area contributed by atoms with Crippen molar-refractivity contribution < 1.29 is 5.11 Å². The van der Waals surface area contributed by atoms with Crippen LogP contribution in [0, 0.1) is 0 Å². The van der Waals surface area contributed by atoms with Crippen LogP contribution in [0.2, 0.25) is 0 Å². The quantitative estimate of drug-likeness (QED) is 0.784. The molecular formula is C13H19NO. The fraction of sp³-hybridized carbons (Fsp3) is 0.538. The Hall–Kier alpha value is -0.860. The highest BCUT2D eigenvalue weighted by atomic mass is 16.3. The van der Waals surface area contributed by atoms with E-state index >= 15 is 0 Å². The molecule has 2 heteroatoms. The zero-order chi connectivity index (χ0) is 10.9. The molecule has 0 aromatic heterocycles. The second-order valence-corrected chi connectivity index (χ2v) is 4.90. The summed E-state index contributed by atoms with van der Waals surface area (Å²) in [7, 11) is 0. The number of aliphatic hydroxyl groups excluding tert-OH is 1. The van der Waals surface area contributed by atoms with E-state index in [1.807, 2.05) is 6.92 Å². The average molecular weight is 205 g/mol. The summed E-state index contributed by atoms with van der Waals surface area (Å²) in [6, 6.07) is 6.45. The molecule has 0 heterocycles. The summed E-state index contributed by atoms with van der Waals surface area (Å²) >= 11 is 0. The molecule has 0 bridgehead atoms. The molecule has 1 aliphatic carbocycles. The molecule has 1 aliphatic rings. The number of hydrogen-bond donors (Lipinski definition) is 2. The zero-order valence-electron chi connectivity index (χ0n) is 9.29. The van der Waals surface area contributed by atoms with Gasteiger partial charge in [0.15, 0.2) is 0 Å². The van der Waals surface area contributed by atoms with Gasteiger partial charge >= 0.3 is 0 Å². The van der Waals surface area contributed by atoms with E-state index in [-0.39, 0.29) is 6.61 Å². The lowest BCUT2D eigenvalue weighted by Gasteiger charge is -2.23. The predicted molar refractivity (Wildman–Crippen MR) is 61.8 cm³/mol. The molecule has 1 unspecified atom stereocenters.